The van der Waals surface area contributed by atoms with Crippen LogP contribution < -0.4 is 0 Å². The molecule has 1 spiro atoms. The first-order valence-electron chi connectivity index (χ1n) is 6.79. The molecule has 1 atom stereocenters. The Kier molecular flexibility index (Phi) is 2.60. The number of hydrogen-bond donors (Lipinski definition) is 0. The van der Waals surface area contributed by atoms with Crippen LogP contribution in [0, 0.1) is 0 Å². The summed E-state index contributed by atoms with van der Waals surface area (Å²) in [5.41, 5.74) is 2.31. The molecule has 1 aromatic rings. The predicted octanol–water partition coefficient (Wildman–Crippen LogP) is 3.33. The van der Waals surface area contributed by atoms with E-state index in [9.17, 15) is 4.79 Å². The Hall–Kier alpha value is -1.15. The number of rotatable bonds is 0. The molecule has 1 heterocycles. The number of benzene rings is 1. The quantitative estimate of drug-likeness (QED) is 0.699. The molecule has 0 bridgehead atoms. The molecule has 1 fully saturated rings. The summed E-state index contributed by atoms with van der Waals surface area (Å²) in [6.45, 7) is 4.91. The number of hydrogen-bond acceptors (Lipinski definition) is 2. The van der Waals surface area contributed by atoms with Crippen molar-refractivity contribution in [3.63, 3.8) is 0 Å². The van der Waals surface area contributed by atoms with E-state index in [1.807, 2.05) is 0 Å². The van der Waals surface area contributed by atoms with Gasteiger partial charge in [-0.3, -0.25) is 4.79 Å². The summed E-state index contributed by atoms with van der Waals surface area (Å²) < 4.78 is 6.08. The molecule has 1 aliphatic heterocycles. The first kappa shape index (κ1) is 11.9. The van der Waals surface area contributed by atoms with E-state index in [1.54, 1.807) is 0 Å². The summed E-state index contributed by atoms with van der Waals surface area (Å²) in [6, 6.07) is 8.49. The van der Waals surface area contributed by atoms with Gasteiger partial charge >= 0.3 is 0 Å². The van der Waals surface area contributed by atoms with Gasteiger partial charge in [0.25, 0.3) is 0 Å². The molecule has 96 valence electrons. The zero-order valence-electron chi connectivity index (χ0n) is 11.2. The number of ketones is 1. The van der Waals surface area contributed by atoms with Gasteiger partial charge in [-0.05, 0) is 37.8 Å². The fourth-order valence-corrected chi connectivity index (χ4v) is 3.48. The molecule has 2 heteroatoms. The predicted molar refractivity (Wildman–Crippen MR) is 70.6 cm³/mol. The fraction of sp³-hybridized carbons (Fsp3) is 0.562. The van der Waals surface area contributed by atoms with Crippen molar-refractivity contribution in [1.82, 2.24) is 0 Å². The van der Waals surface area contributed by atoms with E-state index in [1.165, 1.54) is 11.1 Å². The molecule has 0 amide bonds. The lowest BCUT2D eigenvalue weighted by Crippen LogP contribution is -2.46. The van der Waals surface area contributed by atoms with Gasteiger partial charge in [0.05, 0.1) is 12.2 Å². The highest BCUT2D eigenvalue weighted by Gasteiger charge is 2.45. The summed E-state index contributed by atoms with van der Waals surface area (Å²) in [5.74, 6) is 0.388. The van der Waals surface area contributed by atoms with Gasteiger partial charge in [-0.2, -0.15) is 0 Å². The standard InChI is InChI=1S/C16H20O2/c1-15(2)13-7-3-4-8-14(13)16(11-18-15)9-5-6-12(17)10-16/h3-4,7-8H,5-6,9-11H2,1-2H3. The lowest BCUT2D eigenvalue weighted by molar-refractivity contribution is -0.127. The normalized spacial score (nSPS) is 30.2. The zero-order valence-corrected chi connectivity index (χ0v) is 11.2. The van der Waals surface area contributed by atoms with Crippen molar-refractivity contribution in [2.24, 2.45) is 0 Å². The monoisotopic (exact) mass is 244 g/mol. The molecule has 0 saturated heterocycles. The van der Waals surface area contributed by atoms with Crippen molar-refractivity contribution in [2.45, 2.75) is 50.5 Å². The highest BCUT2D eigenvalue weighted by Crippen LogP contribution is 2.47. The van der Waals surface area contributed by atoms with E-state index >= 15 is 0 Å². The van der Waals surface area contributed by atoms with Gasteiger partial charge < -0.3 is 4.74 Å². The lowest BCUT2D eigenvalue weighted by Gasteiger charge is -2.46. The van der Waals surface area contributed by atoms with Crippen LogP contribution in [0.15, 0.2) is 24.3 Å². The summed E-state index contributed by atoms with van der Waals surface area (Å²) in [6.07, 6.45) is 3.47. The highest BCUT2D eigenvalue weighted by atomic mass is 16.5. The Bertz CT molecular complexity index is 490. The molecule has 1 saturated carbocycles. The molecule has 0 N–H and O–H groups in total. The van der Waals surface area contributed by atoms with Gasteiger partial charge in [0.1, 0.15) is 5.78 Å². The van der Waals surface area contributed by atoms with Crippen LogP contribution in [0.1, 0.15) is 50.7 Å². The maximum absolute atomic E-state index is 11.9. The third-order valence-corrected chi connectivity index (χ3v) is 4.50. The summed E-state index contributed by atoms with van der Waals surface area (Å²) in [5, 5.41) is 0. The van der Waals surface area contributed by atoms with Crippen LogP contribution in [0.25, 0.3) is 0 Å². The molecule has 2 nitrogen and oxygen atoms in total. The molecule has 3 rings (SSSR count). The molecule has 1 aliphatic carbocycles. The van der Waals surface area contributed by atoms with Crippen molar-refractivity contribution in [3.05, 3.63) is 35.4 Å². The van der Waals surface area contributed by atoms with Gasteiger partial charge in [-0.15, -0.1) is 0 Å². The van der Waals surface area contributed by atoms with Crippen LogP contribution in [-0.2, 0) is 20.5 Å². The number of carbonyl (C=O) groups is 1. The van der Waals surface area contributed by atoms with E-state index in [0.29, 0.717) is 18.8 Å². The maximum atomic E-state index is 11.9. The van der Waals surface area contributed by atoms with Crippen LogP contribution in [-0.4, -0.2) is 12.4 Å². The van der Waals surface area contributed by atoms with Crippen molar-refractivity contribution < 1.29 is 9.53 Å². The van der Waals surface area contributed by atoms with Crippen LogP contribution in [0.4, 0.5) is 0 Å². The average Bonchev–Trinajstić information content (AvgIpc) is 2.36. The number of fused-ring (bicyclic) bond motifs is 2. The van der Waals surface area contributed by atoms with E-state index in [-0.39, 0.29) is 11.0 Å². The number of Topliss-reactive ketones (excluding diaryl/α,β-unsaturated/α-hetero) is 1. The molecular formula is C16H20O2. The molecule has 0 radical (unpaired) electrons. The second kappa shape index (κ2) is 3.92. The average molecular weight is 244 g/mol. The van der Waals surface area contributed by atoms with E-state index in [0.717, 1.165) is 19.3 Å². The lowest BCUT2D eigenvalue weighted by atomic mass is 9.65. The van der Waals surface area contributed by atoms with E-state index in [4.69, 9.17) is 4.74 Å². The Morgan fingerprint density at radius 3 is 2.61 bits per heavy atom. The van der Waals surface area contributed by atoms with Gasteiger partial charge in [0.2, 0.25) is 0 Å². The maximum Gasteiger partial charge on any atom is 0.133 e. The van der Waals surface area contributed by atoms with Crippen molar-refractivity contribution in [1.29, 1.82) is 0 Å². The van der Waals surface area contributed by atoms with Gasteiger partial charge in [0.15, 0.2) is 0 Å². The topological polar surface area (TPSA) is 26.3 Å². The van der Waals surface area contributed by atoms with E-state index in [2.05, 4.69) is 38.1 Å². The van der Waals surface area contributed by atoms with Crippen LogP contribution >= 0.6 is 0 Å². The van der Waals surface area contributed by atoms with Crippen molar-refractivity contribution in [2.75, 3.05) is 6.61 Å². The van der Waals surface area contributed by atoms with Crippen LogP contribution in [0.2, 0.25) is 0 Å². The number of carbonyl (C=O) groups excluding carboxylic acids is 1. The first-order chi connectivity index (χ1) is 8.54. The fourth-order valence-electron chi connectivity index (χ4n) is 3.48. The van der Waals surface area contributed by atoms with Crippen LogP contribution in [0.5, 0.6) is 0 Å². The SMILES string of the molecule is CC1(C)OCC2(CCCC(=O)C2)c2ccccc21. The highest BCUT2D eigenvalue weighted by molar-refractivity contribution is 5.81. The Morgan fingerprint density at radius 2 is 1.89 bits per heavy atom. The van der Waals surface area contributed by atoms with Crippen LogP contribution in [0.3, 0.4) is 0 Å². The zero-order chi connectivity index (χ0) is 12.8. The van der Waals surface area contributed by atoms with Gasteiger partial charge in [-0.1, -0.05) is 24.3 Å². The minimum Gasteiger partial charge on any atom is -0.370 e. The Balaban J connectivity index is 2.12. The Morgan fingerprint density at radius 1 is 1.17 bits per heavy atom. The van der Waals surface area contributed by atoms with Crippen molar-refractivity contribution in [3.8, 4) is 0 Å². The van der Waals surface area contributed by atoms with E-state index < -0.39 is 0 Å². The minimum atomic E-state index is -0.234. The summed E-state index contributed by atoms with van der Waals surface area (Å²) in [4.78, 5) is 11.9. The molecule has 0 aromatic heterocycles. The third-order valence-electron chi connectivity index (χ3n) is 4.50. The second-order valence-electron chi connectivity index (χ2n) is 6.19. The third kappa shape index (κ3) is 1.71. The van der Waals surface area contributed by atoms with Gasteiger partial charge in [0, 0.05) is 18.3 Å². The largest absolute Gasteiger partial charge is 0.370 e. The molecule has 18 heavy (non-hydrogen) atoms. The van der Waals surface area contributed by atoms with Gasteiger partial charge in [-0.25, -0.2) is 0 Å². The number of ether oxygens (including phenoxy) is 1. The van der Waals surface area contributed by atoms with Crippen molar-refractivity contribution >= 4 is 5.78 Å². The smallest absolute Gasteiger partial charge is 0.133 e. The summed E-state index contributed by atoms with van der Waals surface area (Å²) >= 11 is 0. The minimum absolute atomic E-state index is 0.0541. The summed E-state index contributed by atoms with van der Waals surface area (Å²) in [7, 11) is 0. The first-order valence-corrected chi connectivity index (χ1v) is 6.79. The molecule has 1 aromatic carbocycles. The molecule has 2 aliphatic rings. The molecular weight excluding hydrogens is 224 g/mol. The Labute approximate surface area is 108 Å². The second-order valence-corrected chi connectivity index (χ2v) is 6.19. The molecule has 1 unspecified atom stereocenters.